The summed E-state index contributed by atoms with van der Waals surface area (Å²) in [5.41, 5.74) is 1.39. The van der Waals surface area contributed by atoms with Gasteiger partial charge in [0.2, 0.25) is 15.9 Å². The fourth-order valence-corrected chi connectivity index (χ4v) is 5.19. The zero-order valence-corrected chi connectivity index (χ0v) is 17.3. The molecule has 2 aliphatic rings. The van der Waals surface area contributed by atoms with Gasteiger partial charge >= 0.3 is 0 Å². The van der Waals surface area contributed by atoms with Crippen molar-refractivity contribution in [1.29, 1.82) is 0 Å². The maximum absolute atomic E-state index is 12.7. The second-order valence-corrected chi connectivity index (χ2v) is 9.27. The van der Waals surface area contributed by atoms with Crippen molar-refractivity contribution in [2.24, 2.45) is 0 Å². The number of carbonyl (C=O) groups is 1. The number of anilines is 1. The van der Waals surface area contributed by atoms with Crippen molar-refractivity contribution in [2.75, 3.05) is 44.6 Å². The quantitative estimate of drug-likeness (QED) is 0.744. The van der Waals surface area contributed by atoms with Crippen LogP contribution in [-0.4, -0.2) is 68.0 Å². The van der Waals surface area contributed by atoms with E-state index >= 15 is 0 Å². The largest absolute Gasteiger partial charge is 0.491 e. The molecule has 2 heterocycles. The summed E-state index contributed by atoms with van der Waals surface area (Å²) in [5.74, 6) is 0.476. The first-order chi connectivity index (χ1) is 14.5. The Hall–Kier alpha value is -2.62. The minimum absolute atomic E-state index is 0.0708. The number of nitrogens with one attached hydrogen (secondary N) is 1. The van der Waals surface area contributed by atoms with Crippen molar-refractivity contribution in [1.82, 2.24) is 9.21 Å². The lowest BCUT2D eigenvalue weighted by Gasteiger charge is -2.34. The number of carbonyl (C=O) groups excluding carboxylic acids is 1. The topological polar surface area (TPSA) is 99.2 Å². The van der Waals surface area contributed by atoms with Crippen LogP contribution in [-0.2, 0) is 14.8 Å². The van der Waals surface area contributed by atoms with Gasteiger partial charge in [-0.15, -0.1) is 0 Å². The highest BCUT2D eigenvalue weighted by Gasteiger charge is 2.30. The van der Waals surface area contributed by atoms with Crippen LogP contribution in [0.15, 0.2) is 53.4 Å². The zero-order valence-electron chi connectivity index (χ0n) is 16.5. The molecule has 2 aromatic carbocycles. The highest BCUT2D eigenvalue weighted by atomic mass is 32.2. The second-order valence-electron chi connectivity index (χ2n) is 7.33. The Labute approximate surface area is 176 Å². The summed E-state index contributed by atoms with van der Waals surface area (Å²) in [6.45, 7) is 1.71. The van der Waals surface area contributed by atoms with Crippen molar-refractivity contribution in [3.05, 3.63) is 54.1 Å². The number of aliphatic hydroxyl groups excluding tert-OH is 1. The van der Waals surface area contributed by atoms with Crippen LogP contribution in [0.5, 0.6) is 5.75 Å². The maximum atomic E-state index is 12.7. The molecule has 1 saturated heterocycles. The Kier molecular flexibility index (Phi) is 5.94. The molecular weight excluding hydrogens is 406 g/mol. The van der Waals surface area contributed by atoms with Crippen molar-refractivity contribution in [3.8, 4) is 5.75 Å². The third kappa shape index (κ3) is 4.14. The Morgan fingerprint density at radius 3 is 2.53 bits per heavy atom. The number of rotatable bonds is 5. The molecule has 2 N–H and O–H groups in total. The van der Waals surface area contributed by atoms with E-state index in [1.54, 1.807) is 35.2 Å². The van der Waals surface area contributed by atoms with Gasteiger partial charge in [-0.1, -0.05) is 30.3 Å². The first-order valence-corrected chi connectivity index (χ1v) is 11.4. The van der Waals surface area contributed by atoms with Gasteiger partial charge in [-0.05, 0) is 18.2 Å². The molecule has 2 aliphatic heterocycles. The molecule has 9 heteroatoms. The Bertz CT molecular complexity index is 1000. The molecule has 0 spiro atoms. The van der Waals surface area contributed by atoms with Gasteiger partial charge in [0.25, 0.3) is 0 Å². The molecule has 160 valence electrons. The minimum atomic E-state index is -3.54. The van der Waals surface area contributed by atoms with E-state index in [1.807, 2.05) is 18.2 Å². The molecule has 0 aromatic heterocycles. The number of fused-ring (bicyclic) bond motifs is 1. The van der Waals surface area contributed by atoms with E-state index < -0.39 is 16.1 Å². The molecule has 0 radical (unpaired) electrons. The van der Waals surface area contributed by atoms with E-state index in [2.05, 4.69) is 5.32 Å². The Morgan fingerprint density at radius 1 is 1.07 bits per heavy atom. The van der Waals surface area contributed by atoms with Gasteiger partial charge in [0.05, 0.1) is 29.8 Å². The van der Waals surface area contributed by atoms with E-state index in [1.165, 1.54) is 4.31 Å². The van der Waals surface area contributed by atoms with Crippen molar-refractivity contribution >= 4 is 21.6 Å². The molecular formula is C21H25N3O5S. The molecule has 4 rings (SSSR count). The molecule has 8 nitrogen and oxygen atoms in total. The number of nitrogens with zero attached hydrogens (tertiary/aromatic N) is 2. The average molecular weight is 432 g/mol. The number of sulfonamides is 1. The molecule has 0 bridgehead atoms. The monoisotopic (exact) mass is 431 g/mol. The maximum Gasteiger partial charge on any atom is 0.243 e. The zero-order chi connectivity index (χ0) is 21.1. The van der Waals surface area contributed by atoms with Crippen molar-refractivity contribution in [2.45, 2.75) is 17.4 Å². The normalized spacial score (nSPS) is 19.6. The molecule has 0 saturated carbocycles. The van der Waals surface area contributed by atoms with Crippen molar-refractivity contribution < 1.29 is 23.1 Å². The number of benzene rings is 2. The summed E-state index contributed by atoms with van der Waals surface area (Å²) in [7, 11) is -3.54. The van der Waals surface area contributed by atoms with Gasteiger partial charge in [-0.25, -0.2) is 8.42 Å². The van der Waals surface area contributed by atoms with Crippen LogP contribution in [0.4, 0.5) is 5.69 Å². The molecule has 0 aliphatic carbocycles. The van der Waals surface area contributed by atoms with E-state index in [4.69, 9.17) is 4.74 Å². The molecule has 1 amide bonds. The number of aliphatic hydroxyl groups is 1. The van der Waals surface area contributed by atoms with Gasteiger partial charge in [-0.3, -0.25) is 4.79 Å². The molecule has 0 unspecified atom stereocenters. The van der Waals surface area contributed by atoms with Gasteiger partial charge in [0.15, 0.2) is 0 Å². The van der Waals surface area contributed by atoms with Crippen LogP contribution >= 0.6 is 0 Å². The van der Waals surface area contributed by atoms with Crippen LogP contribution in [0, 0.1) is 0 Å². The number of piperazine rings is 1. The highest BCUT2D eigenvalue weighted by Crippen LogP contribution is 2.37. The van der Waals surface area contributed by atoms with Crippen LogP contribution < -0.4 is 10.1 Å². The van der Waals surface area contributed by atoms with Gasteiger partial charge in [-0.2, -0.15) is 4.31 Å². The number of hydrogen-bond acceptors (Lipinski definition) is 6. The van der Waals surface area contributed by atoms with Gasteiger partial charge in [0.1, 0.15) is 5.75 Å². The minimum Gasteiger partial charge on any atom is -0.491 e. The van der Waals surface area contributed by atoms with Crippen LogP contribution in [0.25, 0.3) is 0 Å². The van der Waals surface area contributed by atoms with Crippen LogP contribution in [0.1, 0.15) is 18.1 Å². The summed E-state index contributed by atoms with van der Waals surface area (Å²) in [6.07, 6.45) is -0.0169. The SMILES string of the molecule is O=C(CNc1cccc2c1OCC[C@@H]2O)N1CCN(S(=O)(=O)c2ccccc2)CC1. The van der Waals surface area contributed by atoms with Gasteiger partial charge in [0, 0.05) is 38.2 Å². The van der Waals surface area contributed by atoms with Crippen LogP contribution in [0.2, 0.25) is 0 Å². The van der Waals surface area contributed by atoms with Gasteiger partial charge < -0.3 is 20.1 Å². The number of amides is 1. The first-order valence-electron chi connectivity index (χ1n) is 9.97. The fraction of sp³-hybridized carbons (Fsp3) is 0.381. The summed E-state index contributed by atoms with van der Waals surface area (Å²) < 4.78 is 32.5. The van der Waals surface area contributed by atoms with Crippen molar-refractivity contribution in [3.63, 3.8) is 0 Å². The third-order valence-electron chi connectivity index (χ3n) is 5.44. The molecule has 2 aromatic rings. The predicted molar refractivity (Wildman–Crippen MR) is 112 cm³/mol. The lowest BCUT2D eigenvalue weighted by molar-refractivity contribution is -0.130. The summed E-state index contributed by atoms with van der Waals surface area (Å²) in [5, 5.41) is 13.2. The van der Waals surface area contributed by atoms with Crippen LogP contribution in [0.3, 0.4) is 0 Å². The summed E-state index contributed by atoms with van der Waals surface area (Å²) >= 11 is 0. The average Bonchev–Trinajstić information content (AvgIpc) is 2.78. The second kappa shape index (κ2) is 8.63. The standard InChI is InChI=1S/C21H25N3O5S/c25-19-9-14-29-21-17(19)7-4-8-18(21)22-15-20(26)23-10-12-24(13-11-23)30(27,28)16-5-2-1-3-6-16/h1-8,19,22,25H,9-15H2/t19-/m0/s1. The third-order valence-corrected chi connectivity index (χ3v) is 7.36. The number of para-hydroxylation sites is 1. The molecule has 30 heavy (non-hydrogen) atoms. The van der Waals surface area contributed by atoms with E-state index in [0.29, 0.717) is 37.6 Å². The van der Waals surface area contributed by atoms with E-state index in [9.17, 15) is 18.3 Å². The Balaban J connectivity index is 1.34. The Morgan fingerprint density at radius 2 is 1.80 bits per heavy atom. The molecule has 1 fully saturated rings. The van der Waals surface area contributed by atoms with E-state index in [0.717, 1.165) is 5.56 Å². The number of hydrogen-bond donors (Lipinski definition) is 2. The van der Waals surface area contributed by atoms with E-state index in [-0.39, 0.29) is 30.4 Å². The smallest absolute Gasteiger partial charge is 0.243 e. The summed E-state index contributed by atoms with van der Waals surface area (Å²) in [6, 6.07) is 13.8. The highest BCUT2D eigenvalue weighted by molar-refractivity contribution is 7.89. The number of ether oxygens (including phenoxy) is 1. The fourth-order valence-electron chi connectivity index (χ4n) is 3.75. The summed E-state index contributed by atoms with van der Waals surface area (Å²) in [4.78, 5) is 14.6. The predicted octanol–water partition coefficient (Wildman–Crippen LogP) is 1.45. The lowest BCUT2D eigenvalue weighted by Crippen LogP contribution is -2.51. The molecule has 1 atom stereocenters. The lowest BCUT2D eigenvalue weighted by atomic mass is 10.0. The first kappa shape index (κ1) is 20.6.